The molecule has 2 rings (SSSR count). The lowest BCUT2D eigenvalue weighted by molar-refractivity contribution is 0.473. The van der Waals surface area contributed by atoms with Gasteiger partial charge in [0.15, 0.2) is 0 Å². The molecule has 0 aliphatic carbocycles. The Balaban J connectivity index is 2.83. The number of halogens is 6. The summed E-state index contributed by atoms with van der Waals surface area (Å²) in [6.45, 7) is 0. The SMILES string of the molecule is Oc1cnc(-c2c(Cl)c(Cl)c(Cl)c(Cl)c2Cl)c(Cl)c1. The predicted molar refractivity (Wildman–Crippen MR) is 81.4 cm³/mol. The molecule has 1 N–H and O–H groups in total. The van der Waals surface area contributed by atoms with Crippen molar-refractivity contribution in [2.45, 2.75) is 0 Å². The molecule has 19 heavy (non-hydrogen) atoms. The number of aromatic nitrogens is 1. The molecule has 0 amide bonds. The molecule has 0 bridgehead atoms. The molecule has 2 nitrogen and oxygen atoms in total. The third-order valence-corrected chi connectivity index (χ3v) is 4.84. The summed E-state index contributed by atoms with van der Waals surface area (Å²) in [6, 6.07) is 1.30. The minimum Gasteiger partial charge on any atom is -0.506 e. The quantitative estimate of drug-likeness (QED) is 0.462. The van der Waals surface area contributed by atoms with Gasteiger partial charge in [0, 0.05) is 11.6 Å². The first-order chi connectivity index (χ1) is 8.84. The van der Waals surface area contributed by atoms with Gasteiger partial charge in [0.25, 0.3) is 0 Å². The van der Waals surface area contributed by atoms with Gasteiger partial charge in [-0.1, -0.05) is 69.6 Å². The van der Waals surface area contributed by atoms with Gasteiger partial charge in [0.2, 0.25) is 0 Å². The second kappa shape index (κ2) is 5.72. The van der Waals surface area contributed by atoms with Crippen molar-refractivity contribution in [2.75, 3.05) is 0 Å². The Bertz CT molecular complexity index is 644. The number of aromatic hydroxyl groups is 1. The van der Waals surface area contributed by atoms with Gasteiger partial charge in [-0.25, -0.2) is 0 Å². The zero-order valence-corrected chi connectivity index (χ0v) is 13.4. The van der Waals surface area contributed by atoms with Gasteiger partial charge >= 0.3 is 0 Å². The molecule has 1 heterocycles. The molecule has 2 aromatic rings. The minimum absolute atomic E-state index is 0.0528. The van der Waals surface area contributed by atoms with Crippen molar-refractivity contribution < 1.29 is 5.11 Å². The van der Waals surface area contributed by atoms with Gasteiger partial charge in [0.1, 0.15) is 5.75 Å². The fraction of sp³-hybridized carbons (Fsp3) is 0. The molecule has 0 radical (unpaired) electrons. The second-order valence-electron chi connectivity index (χ2n) is 3.47. The van der Waals surface area contributed by atoms with E-state index >= 15 is 0 Å². The molecule has 0 saturated heterocycles. The van der Waals surface area contributed by atoms with Crippen LogP contribution in [-0.4, -0.2) is 10.1 Å². The lowest BCUT2D eigenvalue weighted by atomic mass is 10.1. The fourth-order valence-electron chi connectivity index (χ4n) is 1.42. The number of hydrogen-bond donors (Lipinski definition) is 1. The van der Waals surface area contributed by atoms with Crippen LogP contribution in [-0.2, 0) is 0 Å². The predicted octanol–water partition coefficient (Wildman–Crippen LogP) is 6.37. The highest BCUT2D eigenvalue weighted by Crippen LogP contribution is 2.49. The summed E-state index contributed by atoms with van der Waals surface area (Å²) in [5.74, 6) is -0.0906. The number of hydrogen-bond acceptors (Lipinski definition) is 2. The van der Waals surface area contributed by atoms with E-state index in [4.69, 9.17) is 69.6 Å². The van der Waals surface area contributed by atoms with Crippen molar-refractivity contribution in [3.8, 4) is 17.0 Å². The van der Waals surface area contributed by atoms with E-state index in [2.05, 4.69) is 4.98 Å². The Morgan fingerprint density at radius 2 is 1.26 bits per heavy atom. The molecule has 0 atom stereocenters. The monoisotopic (exact) mass is 375 g/mol. The summed E-state index contributed by atoms with van der Waals surface area (Å²) in [5.41, 5.74) is 0.502. The Morgan fingerprint density at radius 3 is 1.74 bits per heavy atom. The van der Waals surface area contributed by atoms with Crippen LogP contribution in [0.25, 0.3) is 11.3 Å². The first kappa shape index (κ1) is 15.3. The lowest BCUT2D eigenvalue weighted by Gasteiger charge is -2.13. The zero-order valence-electron chi connectivity index (χ0n) is 8.82. The lowest BCUT2D eigenvalue weighted by Crippen LogP contribution is -1.90. The van der Waals surface area contributed by atoms with E-state index in [0.717, 1.165) is 0 Å². The standard InChI is InChI=1S/C11H3Cl6NO/c12-4-1-3(19)2-18-11(4)5-6(13)8(15)10(17)9(16)7(5)14/h1-2,19H. The summed E-state index contributed by atoms with van der Waals surface area (Å²) < 4.78 is 0. The molecule has 0 unspecified atom stereocenters. The Morgan fingerprint density at radius 1 is 0.789 bits per heavy atom. The van der Waals surface area contributed by atoms with Crippen molar-refractivity contribution in [1.82, 2.24) is 4.98 Å². The highest BCUT2D eigenvalue weighted by molar-refractivity contribution is 6.56. The smallest absolute Gasteiger partial charge is 0.135 e. The summed E-state index contributed by atoms with van der Waals surface area (Å²) in [7, 11) is 0. The minimum atomic E-state index is -0.0906. The molecule has 1 aromatic carbocycles. The van der Waals surface area contributed by atoms with Gasteiger partial charge in [-0.3, -0.25) is 4.98 Å². The van der Waals surface area contributed by atoms with E-state index in [1.165, 1.54) is 12.3 Å². The number of benzene rings is 1. The Hall–Kier alpha value is -0.0900. The number of nitrogens with zero attached hydrogens (tertiary/aromatic N) is 1. The van der Waals surface area contributed by atoms with E-state index in [1.807, 2.05) is 0 Å². The molecule has 0 aliphatic heterocycles. The highest BCUT2D eigenvalue weighted by atomic mass is 35.5. The molecular formula is C11H3Cl6NO. The van der Waals surface area contributed by atoms with Crippen molar-refractivity contribution in [1.29, 1.82) is 0 Å². The number of pyridine rings is 1. The first-order valence-electron chi connectivity index (χ1n) is 4.71. The summed E-state index contributed by atoms with van der Waals surface area (Å²) >= 11 is 36.0. The largest absolute Gasteiger partial charge is 0.506 e. The highest BCUT2D eigenvalue weighted by Gasteiger charge is 2.22. The van der Waals surface area contributed by atoms with Crippen LogP contribution in [0, 0.1) is 0 Å². The van der Waals surface area contributed by atoms with Crippen LogP contribution < -0.4 is 0 Å². The number of rotatable bonds is 1. The Kier molecular flexibility index (Phi) is 4.61. The van der Waals surface area contributed by atoms with E-state index in [9.17, 15) is 5.11 Å². The van der Waals surface area contributed by atoms with Crippen LogP contribution in [0.5, 0.6) is 5.75 Å². The van der Waals surface area contributed by atoms with Crippen molar-refractivity contribution in [3.05, 3.63) is 42.4 Å². The van der Waals surface area contributed by atoms with Crippen LogP contribution in [0.4, 0.5) is 0 Å². The normalized spacial score (nSPS) is 10.8. The van der Waals surface area contributed by atoms with Crippen molar-refractivity contribution in [2.24, 2.45) is 0 Å². The van der Waals surface area contributed by atoms with Gasteiger partial charge in [-0.05, 0) is 0 Å². The first-order valence-corrected chi connectivity index (χ1v) is 6.97. The van der Waals surface area contributed by atoms with Crippen molar-refractivity contribution >= 4 is 69.6 Å². The maximum Gasteiger partial charge on any atom is 0.135 e. The van der Waals surface area contributed by atoms with Crippen LogP contribution in [0.3, 0.4) is 0 Å². The molecule has 0 aliphatic rings. The molecule has 1 aromatic heterocycles. The van der Waals surface area contributed by atoms with Crippen LogP contribution >= 0.6 is 69.6 Å². The molecule has 8 heteroatoms. The van der Waals surface area contributed by atoms with Crippen LogP contribution in [0.2, 0.25) is 30.1 Å². The molecular weight excluding hydrogens is 375 g/mol. The second-order valence-corrected chi connectivity index (χ2v) is 5.77. The molecule has 0 spiro atoms. The third-order valence-electron chi connectivity index (χ3n) is 2.27. The van der Waals surface area contributed by atoms with E-state index in [1.54, 1.807) is 0 Å². The van der Waals surface area contributed by atoms with Gasteiger partial charge < -0.3 is 5.11 Å². The third kappa shape index (κ3) is 2.71. The van der Waals surface area contributed by atoms with Crippen LogP contribution in [0.1, 0.15) is 0 Å². The van der Waals surface area contributed by atoms with Crippen LogP contribution in [0.15, 0.2) is 12.3 Å². The van der Waals surface area contributed by atoms with Gasteiger partial charge in [-0.2, -0.15) is 0 Å². The molecule has 0 fully saturated rings. The maximum absolute atomic E-state index is 9.29. The summed E-state index contributed by atoms with van der Waals surface area (Å²) in [5, 5.41) is 9.77. The summed E-state index contributed by atoms with van der Waals surface area (Å²) in [6.07, 6.45) is 1.20. The van der Waals surface area contributed by atoms with Gasteiger partial charge in [-0.15, -0.1) is 0 Å². The summed E-state index contributed by atoms with van der Waals surface area (Å²) in [4.78, 5) is 3.97. The van der Waals surface area contributed by atoms with E-state index < -0.39 is 0 Å². The average Bonchev–Trinajstić information content (AvgIpc) is 2.37. The fourth-order valence-corrected chi connectivity index (χ4v) is 3.00. The molecule has 100 valence electrons. The zero-order chi connectivity index (χ0) is 14.3. The van der Waals surface area contributed by atoms with E-state index in [-0.39, 0.29) is 47.1 Å². The van der Waals surface area contributed by atoms with E-state index in [0.29, 0.717) is 0 Å². The topological polar surface area (TPSA) is 33.1 Å². The Labute approximate surface area is 138 Å². The maximum atomic E-state index is 9.29. The van der Waals surface area contributed by atoms with Crippen molar-refractivity contribution in [3.63, 3.8) is 0 Å². The van der Waals surface area contributed by atoms with Gasteiger partial charge in [0.05, 0.1) is 42.0 Å². The molecule has 0 saturated carbocycles. The average molecular weight is 378 g/mol.